The molecule has 1 aliphatic rings. The van der Waals surface area contributed by atoms with Crippen LogP contribution >= 0.6 is 11.6 Å². The lowest BCUT2D eigenvalue weighted by molar-refractivity contribution is -0.139. The Labute approximate surface area is 168 Å². The number of carbonyl (C=O) groups excluding carboxylic acids is 2. The maximum absolute atomic E-state index is 12.7. The molecule has 1 aliphatic heterocycles. The molecule has 0 aliphatic carbocycles. The van der Waals surface area contributed by atoms with Gasteiger partial charge in [0.05, 0.1) is 23.9 Å². The lowest BCUT2D eigenvalue weighted by Crippen LogP contribution is -2.47. The van der Waals surface area contributed by atoms with Crippen LogP contribution in [0.25, 0.3) is 0 Å². The van der Waals surface area contributed by atoms with Gasteiger partial charge in [0.25, 0.3) is 0 Å². The minimum Gasteiger partial charge on any atom is -0.487 e. The number of urea groups is 1. The summed E-state index contributed by atoms with van der Waals surface area (Å²) in [6.07, 6.45) is 0. The summed E-state index contributed by atoms with van der Waals surface area (Å²) in [6.45, 7) is 3.84. The fourth-order valence-corrected chi connectivity index (χ4v) is 3.06. The summed E-state index contributed by atoms with van der Waals surface area (Å²) < 4.78 is 11.0. The molecule has 0 fully saturated rings. The molecule has 0 radical (unpaired) electrons. The summed E-state index contributed by atoms with van der Waals surface area (Å²) in [5.74, 6) is 0.0800. The number of carbonyl (C=O) groups is 2. The van der Waals surface area contributed by atoms with Gasteiger partial charge in [-0.25, -0.2) is 9.59 Å². The largest absolute Gasteiger partial charge is 0.487 e. The van der Waals surface area contributed by atoms with Gasteiger partial charge in [-0.15, -0.1) is 0 Å². The first-order valence-corrected chi connectivity index (χ1v) is 9.29. The second-order valence-corrected chi connectivity index (χ2v) is 6.66. The van der Waals surface area contributed by atoms with Gasteiger partial charge in [0.2, 0.25) is 0 Å². The van der Waals surface area contributed by atoms with Gasteiger partial charge in [0, 0.05) is 5.02 Å². The molecule has 0 aromatic heterocycles. The highest BCUT2D eigenvalue weighted by Crippen LogP contribution is 2.28. The van der Waals surface area contributed by atoms with E-state index in [1.807, 2.05) is 37.3 Å². The van der Waals surface area contributed by atoms with E-state index < -0.39 is 18.0 Å². The number of aryl methyl sites for hydroxylation is 1. The van der Waals surface area contributed by atoms with Crippen LogP contribution in [0.3, 0.4) is 0 Å². The van der Waals surface area contributed by atoms with E-state index in [9.17, 15) is 9.59 Å². The van der Waals surface area contributed by atoms with Crippen molar-refractivity contribution in [3.05, 3.63) is 76.0 Å². The van der Waals surface area contributed by atoms with Crippen molar-refractivity contribution in [3.8, 4) is 5.75 Å². The van der Waals surface area contributed by atoms with E-state index in [2.05, 4.69) is 10.6 Å². The number of amides is 2. The summed E-state index contributed by atoms with van der Waals surface area (Å²) in [5, 5.41) is 6.10. The van der Waals surface area contributed by atoms with Gasteiger partial charge in [-0.3, -0.25) is 0 Å². The molecular formula is C21H21ClN2O4. The minimum atomic E-state index is -0.625. The SMILES string of the molecule is CCOC(=O)C1=C(COc2ccc(Cl)c(C)c2)NC(=O)N[C@@H]1c1ccccc1. The fourth-order valence-electron chi connectivity index (χ4n) is 2.94. The standard InChI is InChI=1S/C21H21ClN2O4/c1-3-27-20(25)18-17(12-28-15-9-10-16(22)13(2)11-15)23-21(26)24-19(18)14-7-5-4-6-8-14/h4-11,19H,3,12H2,1-2H3,(H2,23,24,26)/t19-/m1/s1. The van der Waals surface area contributed by atoms with Crippen molar-refractivity contribution in [2.24, 2.45) is 0 Å². The molecule has 2 aromatic rings. The van der Waals surface area contributed by atoms with E-state index in [1.165, 1.54) is 0 Å². The van der Waals surface area contributed by atoms with E-state index >= 15 is 0 Å². The molecule has 1 heterocycles. The number of esters is 1. The molecule has 28 heavy (non-hydrogen) atoms. The Balaban J connectivity index is 1.94. The number of nitrogens with one attached hydrogen (secondary N) is 2. The van der Waals surface area contributed by atoms with Crippen molar-refractivity contribution in [3.63, 3.8) is 0 Å². The van der Waals surface area contributed by atoms with Gasteiger partial charge in [-0.1, -0.05) is 41.9 Å². The van der Waals surface area contributed by atoms with Crippen LogP contribution in [0.1, 0.15) is 24.1 Å². The van der Waals surface area contributed by atoms with Gasteiger partial charge < -0.3 is 20.1 Å². The van der Waals surface area contributed by atoms with Crippen LogP contribution in [0.5, 0.6) is 5.75 Å². The van der Waals surface area contributed by atoms with E-state index in [1.54, 1.807) is 25.1 Å². The predicted molar refractivity (Wildman–Crippen MR) is 106 cm³/mol. The van der Waals surface area contributed by atoms with Crippen LogP contribution in [0, 0.1) is 6.92 Å². The van der Waals surface area contributed by atoms with Crippen LogP contribution in [-0.4, -0.2) is 25.2 Å². The van der Waals surface area contributed by atoms with Gasteiger partial charge in [-0.2, -0.15) is 0 Å². The molecule has 7 heteroatoms. The van der Waals surface area contributed by atoms with Crippen molar-refractivity contribution >= 4 is 23.6 Å². The summed E-state index contributed by atoms with van der Waals surface area (Å²) in [7, 11) is 0. The Kier molecular flexibility index (Phi) is 6.21. The maximum Gasteiger partial charge on any atom is 0.338 e. The number of benzene rings is 2. The zero-order valence-electron chi connectivity index (χ0n) is 15.6. The molecule has 6 nitrogen and oxygen atoms in total. The topological polar surface area (TPSA) is 76.7 Å². The zero-order chi connectivity index (χ0) is 20.1. The van der Waals surface area contributed by atoms with Gasteiger partial charge in [0.1, 0.15) is 12.4 Å². The Morgan fingerprint density at radius 1 is 1.18 bits per heavy atom. The van der Waals surface area contributed by atoms with Gasteiger partial charge in [0.15, 0.2) is 0 Å². The van der Waals surface area contributed by atoms with Crippen LogP contribution in [0.4, 0.5) is 4.79 Å². The van der Waals surface area contributed by atoms with Crippen molar-refractivity contribution in [1.82, 2.24) is 10.6 Å². The quantitative estimate of drug-likeness (QED) is 0.721. The Bertz CT molecular complexity index is 912. The van der Waals surface area contributed by atoms with E-state index in [-0.39, 0.29) is 13.2 Å². The fraction of sp³-hybridized carbons (Fsp3) is 0.238. The second-order valence-electron chi connectivity index (χ2n) is 6.25. The Morgan fingerprint density at radius 2 is 1.93 bits per heavy atom. The molecule has 0 saturated heterocycles. The molecular weight excluding hydrogens is 380 g/mol. The highest BCUT2D eigenvalue weighted by Gasteiger charge is 2.33. The molecule has 0 bridgehead atoms. The molecule has 2 N–H and O–H groups in total. The first kappa shape index (κ1) is 19.8. The van der Waals surface area contributed by atoms with Gasteiger partial charge >= 0.3 is 12.0 Å². The normalized spacial score (nSPS) is 16.2. The number of ether oxygens (including phenoxy) is 2. The van der Waals surface area contributed by atoms with Crippen LogP contribution in [-0.2, 0) is 9.53 Å². The van der Waals surface area contributed by atoms with E-state index in [0.717, 1.165) is 11.1 Å². The number of hydrogen-bond donors (Lipinski definition) is 2. The number of rotatable bonds is 6. The highest BCUT2D eigenvalue weighted by atomic mass is 35.5. The van der Waals surface area contributed by atoms with Crippen molar-refractivity contribution < 1.29 is 19.1 Å². The third-order valence-electron chi connectivity index (χ3n) is 4.29. The van der Waals surface area contributed by atoms with Crippen molar-refractivity contribution in [2.45, 2.75) is 19.9 Å². The third-order valence-corrected chi connectivity index (χ3v) is 4.72. The van der Waals surface area contributed by atoms with Crippen LogP contribution in [0.2, 0.25) is 5.02 Å². The Hall–Kier alpha value is -2.99. The second kappa shape index (κ2) is 8.80. The predicted octanol–water partition coefficient (Wildman–Crippen LogP) is 3.90. The van der Waals surface area contributed by atoms with E-state index in [0.29, 0.717) is 22.0 Å². The Morgan fingerprint density at radius 3 is 2.61 bits per heavy atom. The number of halogens is 1. The van der Waals surface area contributed by atoms with Crippen LogP contribution < -0.4 is 15.4 Å². The first-order chi connectivity index (χ1) is 13.5. The molecule has 0 spiro atoms. The average molecular weight is 401 g/mol. The molecule has 0 unspecified atom stereocenters. The first-order valence-electron chi connectivity index (χ1n) is 8.91. The lowest BCUT2D eigenvalue weighted by atomic mass is 9.95. The highest BCUT2D eigenvalue weighted by molar-refractivity contribution is 6.31. The summed E-state index contributed by atoms with van der Waals surface area (Å²) in [4.78, 5) is 24.9. The molecule has 1 atom stereocenters. The molecule has 146 valence electrons. The molecule has 2 aromatic carbocycles. The van der Waals surface area contributed by atoms with Crippen LogP contribution in [0.15, 0.2) is 59.8 Å². The smallest absolute Gasteiger partial charge is 0.338 e. The summed E-state index contributed by atoms with van der Waals surface area (Å²) in [5.41, 5.74) is 2.33. The third kappa shape index (κ3) is 4.46. The van der Waals surface area contributed by atoms with E-state index in [4.69, 9.17) is 21.1 Å². The molecule has 2 amide bonds. The molecule has 3 rings (SSSR count). The minimum absolute atomic E-state index is 0.00593. The zero-order valence-corrected chi connectivity index (χ0v) is 16.4. The molecule has 0 saturated carbocycles. The lowest BCUT2D eigenvalue weighted by Gasteiger charge is -2.29. The number of hydrogen-bond acceptors (Lipinski definition) is 4. The van der Waals surface area contributed by atoms with Crippen molar-refractivity contribution in [2.75, 3.05) is 13.2 Å². The maximum atomic E-state index is 12.7. The van der Waals surface area contributed by atoms with Crippen molar-refractivity contribution in [1.29, 1.82) is 0 Å². The average Bonchev–Trinajstić information content (AvgIpc) is 2.69. The van der Waals surface area contributed by atoms with Gasteiger partial charge in [-0.05, 0) is 43.2 Å². The summed E-state index contributed by atoms with van der Waals surface area (Å²) >= 11 is 6.04. The monoisotopic (exact) mass is 400 g/mol. The summed E-state index contributed by atoms with van der Waals surface area (Å²) in [6, 6.07) is 13.5.